The topological polar surface area (TPSA) is 50.2 Å². The second-order valence-electron chi connectivity index (χ2n) is 7.46. The average Bonchev–Trinajstić information content (AvgIpc) is 2.92. The Hall–Kier alpha value is -1.24. The van der Waals surface area contributed by atoms with E-state index in [4.69, 9.17) is 4.98 Å². The molecule has 2 aromatic rings. The first kappa shape index (κ1) is 20.5. The Morgan fingerprint density at radius 2 is 2.15 bits per heavy atom. The van der Waals surface area contributed by atoms with E-state index in [1.165, 1.54) is 6.42 Å². The van der Waals surface area contributed by atoms with E-state index < -0.39 is 0 Å². The summed E-state index contributed by atoms with van der Waals surface area (Å²) in [5.41, 5.74) is 0.865. The summed E-state index contributed by atoms with van der Waals surface area (Å²) >= 11 is 3.48. The van der Waals surface area contributed by atoms with E-state index in [9.17, 15) is 4.79 Å². The fourth-order valence-electron chi connectivity index (χ4n) is 4.09. The lowest BCUT2D eigenvalue weighted by Gasteiger charge is -2.33. The minimum atomic E-state index is 0.0693. The van der Waals surface area contributed by atoms with Gasteiger partial charge in [-0.3, -0.25) is 14.3 Å². The zero-order valence-corrected chi connectivity index (χ0v) is 18.3. The summed E-state index contributed by atoms with van der Waals surface area (Å²) in [6, 6.07) is 5.99. The highest BCUT2D eigenvalue weighted by molar-refractivity contribution is 9.10. The molecule has 1 fully saturated rings. The number of hydrogen-bond donors (Lipinski definition) is 1. The molecule has 2 heterocycles. The number of aromatic nitrogens is 2. The van der Waals surface area contributed by atoms with Crippen LogP contribution in [-0.4, -0.2) is 40.6 Å². The summed E-state index contributed by atoms with van der Waals surface area (Å²) in [6.07, 6.45) is 3.26. The third kappa shape index (κ3) is 4.44. The van der Waals surface area contributed by atoms with Crippen LogP contribution < -0.4 is 10.9 Å². The molecule has 0 radical (unpaired) electrons. The Morgan fingerprint density at radius 3 is 2.85 bits per heavy atom. The van der Waals surface area contributed by atoms with E-state index in [1.807, 2.05) is 29.7 Å². The molecule has 2 atom stereocenters. The molecule has 0 bridgehead atoms. The molecule has 0 spiro atoms. The van der Waals surface area contributed by atoms with Crippen molar-refractivity contribution in [2.75, 3.05) is 26.2 Å². The van der Waals surface area contributed by atoms with Crippen molar-refractivity contribution in [3.8, 4) is 0 Å². The first-order valence-electron chi connectivity index (χ1n) is 10.2. The highest BCUT2D eigenvalue weighted by atomic mass is 79.9. The maximum atomic E-state index is 13.2. The van der Waals surface area contributed by atoms with Gasteiger partial charge in [-0.1, -0.05) is 42.6 Å². The third-order valence-electron chi connectivity index (χ3n) is 5.64. The second-order valence-corrected chi connectivity index (χ2v) is 8.37. The third-order valence-corrected chi connectivity index (χ3v) is 6.13. The lowest BCUT2D eigenvalue weighted by molar-refractivity contribution is 0.163. The molecule has 27 heavy (non-hydrogen) atoms. The molecule has 1 saturated heterocycles. The van der Waals surface area contributed by atoms with E-state index in [0.29, 0.717) is 17.8 Å². The van der Waals surface area contributed by atoms with E-state index in [2.05, 4.69) is 40.0 Å². The van der Waals surface area contributed by atoms with Crippen LogP contribution in [0.4, 0.5) is 0 Å². The number of halogens is 1. The summed E-state index contributed by atoms with van der Waals surface area (Å²) in [5.74, 6) is 1.57. The summed E-state index contributed by atoms with van der Waals surface area (Å²) in [7, 11) is 0. The van der Waals surface area contributed by atoms with Gasteiger partial charge in [0, 0.05) is 30.7 Å². The summed E-state index contributed by atoms with van der Waals surface area (Å²) in [5, 5.41) is 4.26. The fraction of sp³-hybridized carbons (Fsp3) is 0.619. The highest BCUT2D eigenvalue weighted by Gasteiger charge is 2.28. The molecule has 1 aliphatic rings. The number of fused-ring (bicyclic) bond motifs is 1. The van der Waals surface area contributed by atoms with Gasteiger partial charge in [0.2, 0.25) is 0 Å². The molecule has 1 aromatic heterocycles. The standard InChI is InChI=1S/C21H31BrN4O/c1-4-7-19(25-11-10-23-13-15(5-2)14-25)20-24-18-9-8-16(22)12-17(18)21(27)26(20)6-3/h8-9,12,15,19,23H,4-7,10-11,13-14H2,1-3H3/t15-,19-/m0/s1. The number of hydrogen-bond acceptors (Lipinski definition) is 4. The molecule has 6 heteroatoms. The van der Waals surface area contributed by atoms with Gasteiger partial charge in [-0.25, -0.2) is 4.98 Å². The Kier molecular flexibility index (Phi) is 7.06. The molecule has 1 aromatic carbocycles. The van der Waals surface area contributed by atoms with Crippen molar-refractivity contribution in [2.24, 2.45) is 5.92 Å². The van der Waals surface area contributed by atoms with E-state index in [1.54, 1.807) is 0 Å². The lowest BCUT2D eigenvalue weighted by Crippen LogP contribution is -2.38. The smallest absolute Gasteiger partial charge is 0.261 e. The van der Waals surface area contributed by atoms with Gasteiger partial charge in [0.1, 0.15) is 5.82 Å². The van der Waals surface area contributed by atoms with Gasteiger partial charge in [0.05, 0.1) is 16.9 Å². The largest absolute Gasteiger partial charge is 0.315 e. The highest BCUT2D eigenvalue weighted by Crippen LogP contribution is 2.27. The SMILES string of the molecule is CCC[C@@H](c1nc2ccc(Br)cc2c(=O)n1CC)N1CCNC[C@H](CC)C1. The van der Waals surface area contributed by atoms with Crippen LogP contribution in [-0.2, 0) is 6.54 Å². The van der Waals surface area contributed by atoms with Crippen LogP contribution in [0.2, 0.25) is 0 Å². The van der Waals surface area contributed by atoms with Gasteiger partial charge in [0.15, 0.2) is 0 Å². The average molecular weight is 435 g/mol. The molecule has 3 rings (SSSR count). The van der Waals surface area contributed by atoms with Crippen LogP contribution >= 0.6 is 15.9 Å². The summed E-state index contributed by atoms with van der Waals surface area (Å²) in [6.45, 7) is 11.3. The summed E-state index contributed by atoms with van der Waals surface area (Å²) < 4.78 is 2.80. The monoisotopic (exact) mass is 434 g/mol. The van der Waals surface area contributed by atoms with E-state index in [0.717, 1.165) is 54.8 Å². The second kappa shape index (κ2) is 9.30. The zero-order chi connectivity index (χ0) is 19.4. The van der Waals surface area contributed by atoms with Crippen molar-refractivity contribution in [1.82, 2.24) is 19.8 Å². The van der Waals surface area contributed by atoms with Gasteiger partial charge in [0.25, 0.3) is 5.56 Å². The van der Waals surface area contributed by atoms with Gasteiger partial charge in [-0.05, 0) is 44.0 Å². The predicted molar refractivity (Wildman–Crippen MR) is 115 cm³/mol. The molecule has 0 saturated carbocycles. The van der Waals surface area contributed by atoms with Crippen LogP contribution in [0.1, 0.15) is 51.9 Å². The van der Waals surface area contributed by atoms with Crippen LogP contribution in [0.15, 0.2) is 27.5 Å². The minimum Gasteiger partial charge on any atom is -0.315 e. The maximum Gasteiger partial charge on any atom is 0.261 e. The molecule has 0 amide bonds. The van der Waals surface area contributed by atoms with Gasteiger partial charge in [-0.15, -0.1) is 0 Å². The minimum absolute atomic E-state index is 0.0693. The van der Waals surface area contributed by atoms with Crippen molar-refractivity contribution < 1.29 is 0 Å². The van der Waals surface area contributed by atoms with Gasteiger partial charge in [-0.2, -0.15) is 0 Å². The Bertz CT molecular complexity index is 835. The molecule has 148 valence electrons. The molecular weight excluding hydrogens is 404 g/mol. The van der Waals surface area contributed by atoms with Crippen LogP contribution in [0, 0.1) is 5.92 Å². The van der Waals surface area contributed by atoms with Crippen LogP contribution in [0.3, 0.4) is 0 Å². The lowest BCUT2D eigenvalue weighted by atomic mass is 10.0. The van der Waals surface area contributed by atoms with E-state index >= 15 is 0 Å². The van der Waals surface area contributed by atoms with Gasteiger partial charge >= 0.3 is 0 Å². The van der Waals surface area contributed by atoms with Crippen molar-refractivity contribution in [3.63, 3.8) is 0 Å². The predicted octanol–water partition coefficient (Wildman–Crippen LogP) is 3.95. The van der Waals surface area contributed by atoms with Crippen LogP contribution in [0.25, 0.3) is 10.9 Å². The zero-order valence-electron chi connectivity index (χ0n) is 16.7. The molecule has 0 aliphatic carbocycles. The number of nitrogens with zero attached hydrogens (tertiary/aromatic N) is 3. The van der Waals surface area contributed by atoms with Crippen molar-refractivity contribution in [1.29, 1.82) is 0 Å². The first-order valence-corrected chi connectivity index (χ1v) is 11.0. The quantitative estimate of drug-likeness (QED) is 0.747. The molecule has 1 aliphatic heterocycles. The van der Waals surface area contributed by atoms with Crippen LogP contribution in [0.5, 0.6) is 0 Å². The molecule has 5 nitrogen and oxygen atoms in total. The first-order chi connectivity index (χ1) is 13.1. The van der Waals surface area contributed by atoms with Crippen molar-refractivity contribution in [3.05, 3.63) is 38.9 Å². The van der Waals surface area contributed by atoms with Crippen molar-refractivity contribution in [2.45, 2.75) is 52.6 Å². The van der Waals surface area contributed by atoms with Gasteiger partial charge < -0.3 is 5.32 Å². The van der Waals surface area contributed by atoms with E-state index in [-0.39, 0.29) is 11.6 Å². The number of benzene rings is 1. The summed E-state index contributed by atoms with van der Waals surface area (Å²) in [4.78, 5) is 20.7. The Morgan fingerprint density at radius 1 is 1.33 bits per heavy atom. The number of nitrogens with one attached hydrogen (secondary N) is 1. The fourth-order valence-corrected chi connectivity index (χ4v) is 4.45. The molecule has 0 unspecified atom stereocenters. The maximum absolute atomic E-state index is 13.2. The number of rotatable bonds is 6. The normalized spacial score (nSPS) is 19.9. The molecule has 1 N–H and O–H groups in total. The van der Waals surface area contributed by atoms with Crippen molar-refractivity contribution >= 4 is 26.8 Å². The Balaban J connectivity index is 2.10. The molecular formula is C21H31BrN4O. The Labute approximate surface area is 170 Å².